The highest BCUT2D eigenvalue weighted by molar-refractivity contribution is 7.22. The van der Waals surface area contributed by atoms with Gasteiger partial charge in [0, 0.05) is 40.3 Å². The maximum Gasteiger partial charge on any atom is 0.151 e. The first kappa shape index (κ1) is 33.1. The fourth-order valence-electron chi connectivity index (χ4n) is 8.49. The van der Waals surface area contributed by atoms with Crippen LogP contribution in [0, 0.1) is 0 Å². The minimum absolute atomic E-state index is 0.821. The number of anilines is 6. The monoisotopic (exact) mass is 780 g/mol. The van der Waals surface area contributed by atoms with Crippen molar-refractivity contribution < 1.29 is 4.74 Å². The summed E-state index contributed by atoms with van der Waals surface area (Å²) in [6.07, 6.45) is 0.904. The van der Waals surface area contributed by atoms with Crippen LogP contribution >= 0.6 is 22.7 Å². The zero-order valence-electron chi connectivity index (χ0n) is 31.0. The van der Waals surface area contributed by atoms with E-state index >= 15 is 0 Å². The van der Waals surface area contributed by atoms with E-state index in [0.717, 1.165) is 93.4 Å². The number of fused-ring (bicyclic) bond motifs is 6. The molecule has 10 aromatic rings. The molecule has 2 aliphatic heterocycles. The molecule has 0 aliphatic carbocycles. The minimum Gasteiger partial charge on any atom is -0.453 e. The number of rotatable bonds is 5. The molecule has 0 radical (unpaired) electrons. The first-order valence-corrected chi connectivity index (χ1v) is 21.0. The Bertz CT molecular complexity index is 2860. The molecular weight excluding hydrogens is 749 g/mol. The zero-order chi connectivity index (χ0) is 38.2. The van der Waals surface area contributed by atoms with Gasteiger partial charge in [0.15, 0.2) is 11.5 Å². The maximum absolute atomic E-state index is 6.41. The number of hydrogen-bond donors (Lipinski definition) is 0. The average molecular weight is 781 g/mol. The van der Waals surface area contributed by atoms with Crippen molar-refractivity contribution in [3.63, 3.8) is 0 Å². The van der Waals surface area contributed by atoms with Crippen LogP contribution in [-0.2, 0) is 6.42 Å². The molecule has 0 unspecified atom stereocenters. The van der Waals surface area contributed by atoms with Crippen LogP contribution in [0.4, 0.5) is 34.1 Å². The molecule has 0 atom stereocenters. The summed E-state index contributed by atoms with van der Waals surface area (Å²) >= 11 is 3.46. The number of thiazole rings is 2. The number of hydrogen-bond acceptors (Lipinski definition) is 7. The molecule has 0 bridgehead atoms. The lowest BCUT2D eigenvalue weighted by Gasteiger charge is -2.34. The Hall–Kier alpha value is -7.06. The van der Waals surface area contributed by atoms with E-state index in [4.69, 9.17) is 14.7 Å². The summed E-state index contributed by atoms with van der Waals surface area (Å²) in [5, 5.41) is 1.94. The molecule has 4 heterocycles. The Labute approximate surface area is 343 Å². The lowest BCUT2D eigenvalue weighted by atomic mass is 9.92. The van der Waals surface area contributed by atoms with Gasteiger partial charge in [-0.3, -0.25) is 0 Å². The second kappa shape index (κ2) is 13.3. The highest BCUT2D eigenvalue weighted by Gasteiger charge is 2.29. The normalized spacial score (nSPS) is 12.8. The Morgan fingerprint density at radius 3 is 1.31 bits per heavy atom. The van der Waals surface area contributed by atoms with Gasteiger partial charge in [-0.05, 0) is 107 Å². The van der Waals surface area contributed by atoms with Crippen LogP contribution in [-0.4, -0.2) is 9.97 Å². The van der Waals surface area contributed by atoms with Gasteiger partial charge in [0.1, 0.15) is 10.0 Å². The smallest absolute Gasteiger partial charge is 0.151 e. The standard InChI is InChI=1S/C51H32N4OS2/c1-5-17-42-32(13-1)29-33-14-2-6-18-43(33)54(42)34-25-27-36(38(30-34)50-52-40-15-3-11-23-48(40)57-50)37-28-26-35(31-39(37)51-53-41-16-4-12-24-49(41)58-51)55-44-19-7-9-21-46(44)56-47-22-10-8-20-45(47)55/h1-28,30-31H,29H2. The largest absolute Gasteiger partial charge is 0.453 e. The molecule has 2 aromatic heterocycles. The lowest BCUT2D eigenvalue weighted by Crippen LogP contribution is -2.18. The van der Waals surface area contributed by atoms with Crippen molar-refractivity contribution in [1.29, 1.82) is 0 Å². The number of para-hydroxylation sites is 8. The molecule has 5 nitrogen and oxygen atoms in total. The molecule has 0 saturated carbocycles. The number of ether oxygens (including phenoxy) is 1. The van der Waals surface area contributed by atoms with Crippen LogP contribution in [0.15, 0.2) is 182 Å². The van der Waals surface area contributed by atoms with E-state index < -0.39 is 0 Å². The summed E-state index contributed by atoms with van der Waals surface area (Å²) in [6.45, 7) is 0. The van der Waals surface area contributed by atoms with Crippen molar-refractivity contribution in [3.8, 4) is 43.8 Å². The van der Waals surface area contributed by atoms with E-state index in [1.807, 2.05) is 24.3 Å². The third-order valence-electron chi connectivity index (χ3n) is 11.1. The van der Waals surface area contributed by atoms with Crippen LogP contribution in [0.25, 0.3) is 52.7 Å². The van der Waals surface area contributed by atoms with Crippen molar-refractivity contribution >= 4 is 77.2 Å². The van der Waals surface area contributed by atoms with E-state index in [1.165, 1.54) is 22.5 Å². The third kappa shape index (κ3) is 5.35. The molecule has 7 heteroatoms. The minimum atomic E-state index is 0.821. The second-order valence-electron chi connectivity index (χ2n) is 14.6. The van der Waals surface area contributed by atoms with Crippen LogP contribution in [0.3, 0.4) is 0 Å². The quantitative estimate of drug-likeness (QED) is 0.174. The fraction of sp³-hybridized carbons (Fsp3) is 0.0196. The SMILES string of the molecule is c1ccc2c(c1)Cc1ccccc1N2c1ccc(-c2ccc(N3c4ccccc4Oc4ccccc43)cc2-c2nc3ccccc3s2)c(-c2nc3ccccc3s2)c1. The van der Waals surface area contributed by atoms with Crippen molar-refractivity contribution in [3.05, 3.63) is 193 Å². The van der Waals surface area contributed by atoms with E-state index in [1.54, 1.807) is 22.7 Å². The van der Waals surface area contributed by atoms with Gasteiger partial charge in [-0.2, -0.15) is 0 Å². The van der Waals surface area contributed by atoms with Gasteiger partial charge in [0.2, 0.25) is 0 Å². The zero-order valence-corrected chi connectivity index (χ0v) is 32.7. The third-order valence-corrected chi connectivity index (χ3v) is 13.3. The first-order valence-electron chi connectivity index (χ1n) is 19.4. The summed E-state index contributed by atoms with van der Waals surface area (Å²) in [4.78, 5) is 15.3. The van der Waals surface area contributed by atoms with E-state index in [2.05, 4.69) is 168 Å². The molecule has 2 aliphatic rings. The maximum atomic E-state index is 6.41. The van der Waals surface area contributed by atoms with E-state index in [9.17, 15) is 0 Å². The van der Waals surface area contributed by atoms with E-state index in [-0.39, 0.29) is 0 Å². The van der Waals surface area contributed by atoms with Gasteiger partial charge in [0.25, 0.3) is 0 Å². The van der Waals surface area contributed by atoms with E-state index in [0.29, 0.717) is 0 Å². The first-order chi connectivity index (χ1) is 28.7. The Kier molecular flexibility index (Phi) is 7.58. The molecule has 12 rings (SSSR count). The van der Waals surface area contributed by atoms with Gasteiger partial charge in [-0.25, -0.2) is 9.97 Å². The molecule has 8 aromatic carbocycles. The van der Waals surface area contributed by atoms with Gasteiger partial charge in [-0.15, -0.1) is 22.7 Å². The summed E-state index contributed by atoms with van der Waals surface area (Å²) in [5.74, 6) is 1.64. The van der Waals surface area contributed by atoms with Crippen molar-refractivity contribution in [2.45, 2.75) is 6.42 Å². The summed E-state index contributed by atoms with van der Waals surface area (Å²) in [6, 6.07) is 64.6. The summed E-state index contributed by atoms with van der Waals surface area (Å²) < 4.78 is 8.72. The van der Waals surface area contributed by atoms with Crippen LogP contribution in [0.5, 0.6) is 11.5 Å². The van der Waals surface area contributed by atoms with Gasteiger partial charge in [0.05, 0.1) is 31.8 Å². The molecule has 58 heavy (non-hydrogen) atoms. The van der Waals surface area contributed by atoms with Crippen molar-refractivity contribution in [1.82, 2.24) is 9.97 Å². The summed E-state index contributed by atoms with van der Waals surface area (Å²) in [5.41, 5.74) is 15.5. The number of nitrogens with zero attached hydrogens (tertiary/aromatic N) is 4. The summed E-state index contributed by atoms with van der Waals surface area (Å²) in [7, 11) is 0. The molecular formula is C51H32N4OS2. The molecule has 0 N–H and O–H groups in total. The van der Waals surface area contributed by atoms with Crippen LogP contribution < -0.4 is 14.5 Å². The Morgan fingerprint density at radius 1 is 0.397 bits per heavy atom. The second-order valence-corrected chi connectivity index (χ2v) is 16.6. The van der Waals surface area contributed by atoms with Crippen LogP contribution in [0.1, 0.15) is 11.1 Å². The number of aromatic nitrogens is 2. The predicted molar refractivity (Wildman–Crippen MR) is 241 cm³/mol. The molecule has 0 amide bonds. The molecule has 274 valence electrons. The lowest BCUT2D eigenvalue weighted by molar-refractivity contribution is 0.477. The fourth-order valence-corrected chi connectivity index (χ4v) is 10.5. The van der Waals surface area contributed by atoms with Gasteiger partial charge in [-0.1, -0.05) is 97.1 Å². The van der Waals surface area contributed by atoms with Gasteiger partial charge < -0.3 is 14.5 Å². The Morgan fingerprint density at radius 2 is 0.810 bits per heavy atom. The average Bonchev–Trinajstić information content (AvgIpc) is 3.92. The molecule has 0 spiro atoms. The Balaban J connectivity index is 1.11. The van der Waals surface area contributed by atoms with Gasteiger partial charge >= 0.3 is 0 Å². The van der Waals surface area contributed by atoms with Crippen molar-refractivity contribution in [2.24, 2.45) is 0 Å². The highest BCUT2D eigenvalue weighted by Crippen LogP contribution is 2.53. The predicted octanol–water partition coefficient (Wildman–Crippen LogP) is 14.9. The molecule has 0 fully saturated rings. The topological polar surface area (TPSA) is 41.5 Å². The highest BCUT2D eigenvalue weighted by atomic mass is 32.1. The van der Waals surface area contributed by atoms with Crippen molar-refractivity contribution in [2.75, 3.05) is 9.80 Å². The number of benzene rings is 8. The molecule has 0 saturated heterocycles. The van der Waals surface area contributed by atoms with Crippen LogP contribution in [0.2, 0.25) is 0 Å².